The van der Waals surface area contributed by atoms with Crippen molar-refractivity contribution >= 4 is 34.1 Å². The van der Waals surface area contributed by atoms with Crippen molar-refractivity contribution in [2.75, 3.05) is 43.5 Å². The highest BCUT2D eigenvalue weighted by molar-refractivity contribution is 5.97. The number of carbonyl (C=O) groups is 2. The molecule has 0 unspecified atom stereocenters. The molecule has 0 atom stereocenters. The molecule has 1 aliphatic carbocycles. The Hall–Kier alpha value is -3.61. The average Bonchev–Trinajstić information content (AvgIpc) is 3.45. The van der Waals surface area contributed by atoms with Crippen LogP contribution in [0.2, 0.25) is 0 Å². The van der Waals surface area contributed by atoms with Gasteiger partial charge >= 0.3 is 0 Å². The minimum absolute atomic E-state index is 0.0747. The fourth-order valence-electron chi connectivity index (χ4n) is 5.36. The van der Waals surface area contributed by atoms with E-state index in [1.54, 1.807) is 13.2 Å². The molecule has 2 fully saturated rings. The number of piperazine rings is 1. The number of rotatable bonds is 7. The van der Waals surface area contributed by atoms with Crippen molar-refractivity contribution < 1.29 is 14.3 Å². The Morgan fingerprint density at radius 1 is 1.00 bits per heavy atom. The summed E-state index contributed by atoms with van der Waals surface area (Å²) >= 11 is 0. The molecule has 2 amide bonds. The van der Waals surface area contributed by atoms with Crippen molar-refractivity contribution in [1.29, 1.82) is 0 Å². The number of hydrogen-bond acceptors (Lipinski definition) is 5. The van der Waals surface area contributed by atoms with E-state index < -0.39 is 0 Å². The molecule has 1 N–H and O–H groups in total. The monoisotopic (exact) mass is 486 g/mol. The zero-order valence-electron chi connectivity index (χ0n) is 20.9. The van der Waals surface area contributed by atoms with Crippen LogP contribution in [0.1, 0.15) is 49.0 Å². The molecule has 1 aromatic heterocycles. The topological polar surface area (TPSA) is 74.8 Å². The number of anilines is 2. The fourth-order valence-corrected chi connectivity index (χ4v) is 5.36. The highest BCUT2D eigenvalue weighted by atomic mass is 16.5. The third kappa shape index (κ3) is 5.45. The van der Waals surface area contributed by atoms with E-state index >= 15 is 0 Å². The van der Waals surface area contributed by atoms with E-state index in [1.165, 1.54) is 25.7 Å². The summed E-state index contributed by atoms with van der Waals surface area (Å²) < 4.78 is 5.51. The first kappa shape index (κ1) is 24.1. The third-order valence-electron chi connectivity index (χ3n) is 7.45. The van der Waals surface area contributed by atoms with Gasteiger partial charge in [0.2, 0.25) is 5.91 Å². The molecule has 1 saturated carbocycles. The largest absolute Gasteiger partial charge is 0.496 e. The maximum atomic E-state index is 13.2. The molecule has 7 nitrogen and oxygen atoms in total. The predicted molar refractivity (Wildman–Crippen MR) is 143 cm³/mol. The summed E-state index contributed by atoms with van der Waals surface area (Å²) in [7, 11) is 1.61. The molecule has 2 aliphatic rings. The number of methoxy groups -OCH3 is 1. The van der Waals surface area contributed by atoms with E-state index in [0.717, 1.165) is 47.7 Å². The van der Waals surface area contributed by atoms with Crippen molar-refractivity contribution in [3.8, 4) is 5.75 Å². The van der Waals surface area contributed by atoms with Gasteiger partial charge in [-0.1, -0.05) is 37.8 Å². The van der Waals surface area contributed by atoms with Gasteiger partial charge < -0.3 is 19.9 Å². The van der Waals surface area contributed by atoms with Gasteiger partial charge in [-0.15, -0.1) is 0 Å². The van der Waals surface area contributed by atoms with E-state index in [0.29, 0.717) is 31.0 Å². The van der Waals surface area contributed by atoms with Crippen LogP contribution in [-0.4, -0.2) is 55.0 Å². The number of pyridine rings is 1. The Labute approximate surface area is 212 Å². The number of fused-ring (bicyclic) bond motifs is 1. The average molecular weight is 487 g/mol. The SMILES string of the molecule is COc1cc(C(=O)N2CCN(c3ccc(NC(=O)CCC4CCCC4)cc3)CC2)nc2ccccc12. The van der Waals surface area contributed by atoms with Gasteiger partial charge in [-0.2, -0.15) is 0 Å². The number of nitrogens with zero attached hydrogens (tertiary/aromatic N) is 3. The molecule has 2 aromatic carbocycles. The van der Waals surface area contributed by atoms with Gasteiger partial charge in [0.1, 0.15) is 11.4 Å². The van der Waals surface area contributed by atoms with Crippen LogP contribution in [-0.2, 0) is 4.79 Å². The highest BCUT2D eigenvalue weighted by Gasteiger charge is 2.24. The number of benzene rings is 2. The van der Waals surface area contributed by atoms with Crippen LogP contribution in [0, 0.1) is 5.92 Å². The standard InChI is InChI=1S/C29H34N4O3/c1-36-27-20-26(31-25-9-5-4-8-24(25)27)29(35)33-18-16-32(17-19-33)23-13-11-22(12-14-23)30-28(34)15-10-21-6-2-3-7-21/h4-5,8-9,11-14,20-21H,2-3,6-7,10,15-19H2,1H3,(H,30,34). The van der Waals surface area contributed by atoms with E-state index in [4.69, 9.17) is 4.74 Å². The number of nitrogens with one attached hydrogen (secondary N) is 1. The summed E-state index contributed by atoms with van der Waals surface area (Å²) in [6.07, 6.45) is 6.76. The smallest absolute Gasteiger partial charge is 0.272 e. The Bertz CT molecular complexity index is 1210. The Kier molecular flexibility index (Phi) is 7.35. The lowest BCUT2D eigenvalue weighted by Crippen LogP contribution is -2.49. The highest BCUT2D eigenvalue weighted by Crippen LogP contribution is 2.29. The molecule has 3 aromatic rings. The maximum Gasteiger partial charge on any atom is 0.272 e. The second kappa shape index (κ2) is 11.0. The molecular formula is C29H34N4O3. The van der Waals surface area contributed by atoms with Crippen molar-refractivity contribution in [1.82, 2.24) is 9.88 Å². The number of ether oxygens (including phenoxy) is 1. The van der Waals surface area contributed by atoms with Gasteiger partial charge in [0.15, 0.2) is 0 Å². The summed E-state index contributed by atoms with van der Waals surface area (Å²) in [5, 5.41) is 3.93. The first-order chi connectivity index (χ1) is 17.6. The van der Waals surface area contributed by atoms with E-state index in [9.17, 15) is 9.59 Å². The number of carbonyl (C=O) groups excluding carboxylic acids is 2. The van der Waals surface area contributed by atoms with Gasteiger partial charge in [0.25, 0.3) is 5.91 Å². The molecule has 2 heterocycles. The number of hydrogen-bond donors (Lipinski definition) is 1. The van der Waals surface area contributed by atoms with Crippen LogP contribution in [0.15, 0.2) is 54.6 Å². The Balaban J connectivity index is 1.15. The summed E-state index contributed by atoms with van der Waals surface area (Å²) in [5.41, 5.74) is 3.09. The van der Waals surface area contributed by atoms with Gasteiger partial charge in [-0.3, -0.25) is 9.59 Å². The van der Waals surface area contributed by atoms with Crippen molar-refractivity contribution in [3.05, 3.63) is 60.3 Å². The van der Waals surface area contributed by atoms with Crippen LogP contribution in [0.3, 0.4) is 0 Å². The Morgan fingerprint density at radius 2 is 1.72 bits per heavy atom. The summed E-state index contributed by atoms with van der Waals surface area (Å²) in [4.78, 5) is 34.2. The lowest BCUT2D eigenvalue weighted by atomic mass is 10.0. The summed E-state index contributed by atoms with van der Waals surface area (Å²) in [5.74, 6) is 1.41. The van der Waals surface area contributed by atoms with Crippen molar-refractivity contribution in [3.63, 3.8) is 0 Å². The zero-order chi connectivity index (χ0) is 24.9. The Morgan fingerprint density at radius 3 is 2.44 bits per heavy atom. The predicted octanol–water partition coefficient (Wildman–Crippen LogP) is 5.11. The number of para-hydroxylation sites is 1. The summed E-state index contributed by atoms with van der Waals surface area (Å²) in [6.45, 7) is 2.72. The lowest BCUT2D eigenvalue weighted by Gasteiger charge is -2.36. The number of aromatic nitrogens is 1. The van der Waals surface area contributed by atoms with Crippen LogP contribution < -0.4 is 15.0 Å². The quantitative estimate of drug-likeness (QED) is 0.502. The van der Waals surface area contributed by atoms with Crippen molar-refractivity contribution in [2.24, 2.45) is 5.92 Å². The zero-order valence-corrected chi connectivity index (χ0v) is 20.9. The minimum Gasteiger partial charge on any atom is -0.496 e. The molecule has 188 valence electrons. The molecule has 5 rings (SSSR count). The molecule has 1 saturated heterocycles. The second-order valence-electron chi connectivity index (χ2n) is 9.79. The number of amides is 2. The maximum absolute atomic E-state index is 13.2. The minimum atomic E-state index is -0.0747. The van der Waals surface area contributed by atoms with Crippen molar-refractivity contribution in [2.45, 2.75) is 38.5 Å². The van der Waals surface area contributed by atoms with Gasteiger partial charge in [-0.25, -0.2) is 4.98 Å². The normalized spacial score (nSPS) is 16.4. The third-order valence-corrected chi connectivity index (χ3v) is 7.45. The van der Waals surface area contributed by atoms with E-state index in [-0.39, 0.29) is 11.8 Å². The molecular weight excluding hydrogens is 452 g/mol. The van der Waals surface area contributed by atoms with Gasteiger partial charge in [-0.05, 0) is 48.7 Å². The van der Waals surface area contributed by atoms with Gasteiger partial charge in [0.05, 0.1) is 12.6 Å². The van der Waals surface area contributed by atoms with E-state index in [2.05, 4.69) is 15.2 Å². The fraction of sp³-hybridized carbons (Fsp3) is 0.414. The molecule has 7 heteroatoms. The summed E-state index contributed by atoms with van der Waals surface area (Å²) in [6, 6.07) is 17.4. The van der Waals surface area contributed by atoms with Crippen LogP contribution in [0.4, 0.5) is 11.4 Å². The first-order valence-corrected chi connectivity index (χ1v) is 13.0. The first-order valence-electron chi connectivity index (χ1n) is 13.0. The molecule has 36 heavy (non-hydrogen) atoms. The van der Waals surface area contributed by atoms with Crippen LogP contribution in [0.25, 0.3) is 10.9 Å². The van der Waals surface area contributed by atoms with E-state index in [1.807, 2.05) is 53.4 Å². The van der Waals surface area contributed by atoms with Crippen LogP contribution in [0.5, 0.6) is 5.75 Å². The van der Waals surface area contributed by atoms with Crippen LogP contribution >= 0.6 is 0 Å². The molecule has 0 radical (unpaired) electrons. The molecule has 0 bridgehead atoms. The lowest BCUT2D eigenvalue weighted by molar-refractivity contribution is -0.116. The second-order valence-corrected chi connectivity index (χ2v) is 9.79. The molecule has 0 spiro atoms. The molecule has 1 aliphatic heterocycles. The van der Waals surface area contributed by atoms with Gasteiger partial charge in [0, 0.05) is 55.4 Å².